The monoisotopic (exact) mass is 263 g/mol. The molecule has 2 heteroatoms. The summed E-state index contributed by atoms with van der Waals surface area (Å²) in [5.41, 5.74) is 1.43. The first kappa shape index (κ1) is 14.0. The van der Waals surface area contributed by atoms with E-state index in [1.165, 1.54) is 31.2 Å². The van der Waals surface area contributed by atoms with E-state index in [1.54, 1.807) is 0 Å². The smallest absolute Gasteiger partial charge is 0.0437 e. The molecule has 0 radical (unpaired) electrons. The summed E-state index contributed by atoms with van der Waals surface area (Å²) in [7, 11) is 0. The summed E-state index contributed by atoms with van der Waals surface area (Å²) in [6, 6.07) is 11.4. The molecule has 1 saturated carbocycles. The van der Waals surface area contributed by atoms with Gasteiger partial charge in [0.05, 0.1) is 0 Å². The van der Waals surface area contributed by atoms with Crippen LogP contribution in [0.5, 0.6) is 0 Å². The number of nitrogens with one attached hydrogen (secondary N) is 1. The van der Waals surface area contributed by atoms with E-state index in [-0.39, 0.29) is 0 Å². The Morgan fingerprint density at radius 3 is 2.50 bits per heavy atom. The second kappa shape index (κ2) is 7.20. The van der Waals surface area contributed by atoms with Crippen molar-refractivity contribution < 1.29 is 0 Å². The lowest BCUT2D eigenvalue weighted by atomic mass is 10.0. The van der Waals surface area contributed by atoms with Gasteiger partial charge in [-0.3, -0.25) is 0 Å². The molecule has 1 N–H and O–H groups in total. The molecule has 0 saturated heterocycles. The number of hydrogen-bond acceptors (Lipinski definition) is 2. The predicted molar refractivity (Wildman–Crippen MR) is 82.2 cm³/mol. The summed E-state index contributed by atoms with van der Waals surface area (Å²) < 4.78 is 0. The fraction of sp³-hybridized carbons (Fsp3) is 0.625. The molecule has 1 nitrogen and oxygen atoms in total. The minimum atomic E-state index is 0.488. The van der Waals surface area contributed by atoms with E-state index >= 15 is 0 Å². The van der Waals surface area contributed by atoms with E-state index < -0.39 is 0 Å². The van der Waals surface area contributed by atoms with Crippen LogP contribution < -0.4 is 5.32 Å². The van der Waals surface area contributed by atoms with Crippen LogP contribution in [0, 0.1) is 0 Å². The second-order valence-corrected chi connectivity index (χ2v) is 6.88. The van der Waals surface area contributed by atoms with Crippen molar-refractivity contribution in [3.63, 3.8) is 0 Å². The number of thioether (sulfide) groups is 1. The molecule has 0 spiro atoms. The Balaban J connectivity index is 1.99. The molecule has 1 aliphatic carbocycles. The van der Waals surface area contributed by atoms with Gasteiger partial charge in [-0.2, -0.15) is 11.8 Å². The Kier molecular flexibility index (Phi) is 5.58. The van der Waals surface area contributed by atoms with Crippen molar-refractivity contribution in [2.75, 3.05) is 6.54 Å². The van der Waals surface area contributed by atoms with Crippen molar-refractivity contribution in [3.05, 3.63) is 35.9 Å². The highest BCUT2D eigenvalue weighted by molar-refractivity contribution is 8.00. The molecule has 1 aromatic rings. The van der Waals surface area contributed by atoms with Gasteiger partial charge in [-0.25, -0.2) is 0 Å². The lowest BCUT2D eigenvalue weighted by molar-refractivity contribution is 0.546. The van der Waals surface area contributed by atoms with Gasteiger partial charge in [-0.15, -0.1) is 0 Å². The third-order valence-electron chi connectivity index (χ3n) is 3.76. The van der Waals surface area contributed by atoms with E-state index in [0.29, 0.717) is 11.3 Å². The maximum absolute atomic E-state index is 3.65. The Labute approximate surface area is 116 Å². The summed E-state index contributed by atoms with van der Waals surface area (Å²) in [4.78, 5) is 0. The minimum absolute atomic E-state index is 0.488. The second-order valence-electron chi connectivity index (χ2n) is 5.19. The van der Waals surface area contributed by atoms with Gasteiger partial charge in [-0.1, -0.05) is 57.0 Å². The summed E-state index contributed by atoms with van der Waals surface area (Å²) in [5.74, 6) is 0. The van der Waals surface area contributed by atoms with Gasteiger partial charge in [0, 0.05) is 16.5 Å². The molecule has 1 aliphatic rings. The van der Waals surface area contributed by atoms with Gasteiger partial charge in [0.2, 0.25) is 0 Å². The molecule has 1 fully saturated rings. The summed E-state index contributed by atoms with van der Waals surface area (Å²) in [5, 5.41) is 5.19. The Morgan fingerprint density at radius 1 is 1.22 bits per heavy atom. The summed E-state index contributed by atoms with van der Waals surface area (Å²) in [6.07, 6.45) is 5.70. The van der Waals surface area contributed by atoms with Crippen molar-refractivity contribution in [2.24, 2.45) is 0 Å². The lowest BCUT2D eigenvalue weighted by Gasteiger charge is -2.27. The zero-order chi connectivity index (χ0) is 12.8. The summed E-state index contributed by atoms with van der Waals surface area (Å²) >= 11 is 2.19. The molecule has 0 aromatic heterocycles. The van der Waals surface area contributed by atoms with E-state index in [4.69, 9.17) is 0 Å². The van der Waals surface area contributed by atoms with Crippen molar-refractivity contribution in [1.82, 2.24) is 5.32 Å². The van der Waals surface area contributed by atoms with Gasteiger partial charge in [0.25, 0.3) is 0 Å². The van der Waals surface area contributed by atoms with Crippen LogP contribution in [0.25, 0.3) is 0 Å². The Morgan fingerprint density at radius 2 is 1.89 bits per heavy atom. The molecule has 2 unspecified atom stereocenters. The average molecular weight is 263 g/mol. The van der Waals surface area contributed by atoms with Crippen molar-refractivity contribution in [2.45, 2.75) is 56.1 Å². The van der Waals surface area contributed by atoms with Crippen LogP contribution >= 0.6 is 11.8 Å². The first-order valence-electron chi connectivity index (χ1n) is 7.25. The maximum Gasteiger partial charge on any atom is 0.0437 e. The first-order valence-corrected chi connectivity index (χ1v) is 8.19. The van der Waals surface area contributed by atoms with Crippen LogP contribution in [0.1, 0.15) is 51.1 Å². The summed E-state index contributed by atoms with van der Waals surface area (Å²) in [6.45, 7) is 5.61. The highest BCUT2D eigenvalue weighted by atomic mass is 32.2. The Bertz CT molecular complexity index is 332. The Hall–Kier alpha value is -0.470. The van der Waals surface area contributed by atoms with Gasteiger partial charge < -0.3 is 5.32 Å². The lowest BCUT2D eigenvalue weighted by Crippen LogP contribution is -2.29. The van der Waals surface area contributed by atoms with Crippen molar-refractivity contribution in [3.8, 4) is 0 Å². The third kappa shape index (κ3) is 3.76. The number of benzene rings is 1. The number of hydrogen-bond donors (Lipinski definition) is 1. The standard InChI is InChI=1S/C16H25NS/c1-3-17-16(14-9-5-4-6-10-14)13(2)18-15-11-7-8-12-15/h4-6,9-10,13,15-17H,3,7-8,11-12H2,1-2H3. The van der Waals surface area contributed by atoms with Gasteiger partial charge >= 0.3 is 0 Å². The average Bonchev–Trinajstić information content (AvgIpc) is 2.89. The predicted octanol–water partition coefficient (Wildman–Crippen LogP) is 4.40. The van der Waals surface area contributed by atoms with E-state index in [0.717, 1.165) is 11.8 Å². The third-order valence-corrected chi connectivity index (χ3v) is 5.32. The molecular weight excluding hydrogens is 238 g/mol. The quantitative estimate of drug-likeness (QED) is 0.816. The SMILES string of the molecule is CCNC(c1ccccc1)C(C)SC1CCCC1. The minimum Gasteiger partial charge on any atom is -0.309 e. The normalized spacial score (nSPS) is 19.9. The highest BCUT2D eigenvalue weighted by Gasteiger charge is 2.24. The van der Waals surface area contributed by atoms with Crippen LogP contribution in [0.15, 0.2) is 30.3 Å². The largest absolute Gasteiger partial charge is 0.309 e. The zero-order valence-electron chi connectivity index (χ0n) is 11.6. The highest BCUT2D eigenvalue weighted by Crippen LogP contribution is 2.36. The fourth-order valence-electron chi connectivity index (χ4n) is 2.84. The van der Waals surface area contributed by atoms with Crippen molar-refractivity contribution >= 4 is 11.8 Å². The van der Waals surface area contributed by atoms with Crippen LogP contribution in [-0.4, -0.2) is 17.0 Å². The van der Waals surface area contributed by atoms with Gasteiger partial charge in [0.15, 0.2) is 0 Å². The first-order chi connectivity index (χ1) is 8.81. The fourth-order valence-corrected chi connectivity index (χ4v) is 4.46. The van der Waals surface area contributed by atoms with Crippen LogP contribution in [0.3, 0.4) is 0 Å². The van der Waals surface area contributed by atoms with Gasteiger partial charge in [-0.05, 0) is 24.9 Å². The van der Waals surface area contributed by atoms with E-state index in [9.17, 15) is 0 Å². The van der Waals surface area contributed by atoms with Gasteiger partial charge in [0.1, 0.15) is 0 Å². The molecule has 0 bridgehead atoms. The van der Waals surface area contributed by atoms with Crippen LogP contribution in [-0.2, 0) is 0 Å². The molecule has 100 valence electrons. The molecule has 1 aromatic carbocycles. The maximum atomic E-state index is 3.65. The topological polar surface area (TPSA) is 12.0 Å². The molecule has 2 rings (SSSR count). The van der Waals surface area contributed by atoms with Crippen LogP contribution in [0.2, 0.25) is 0 Å². The molecule has 18 heavy (non-hydrogen) atoms. The zero-order valence-corrected chi connectivity index (χ0v) is 12.4. The molecule has 0 aliphatic heterocycles. The van der Waals surface area contributed by atoms with Crippen molar-refractivity contribution in [1.29, 1.82) is 0 Å². The molecule has 0 heterocycles. The number of rotatable bonds is 6. The molecule has 0 amide bonds. The van der Waals surface area contributed by atoms with E-state index in [2.05, 4.69) is 61.3 Å². The molecular formula is C16H25NS. The molecule has 2 atom stereocenters. The van der Waals surface area contributed by atoms with Crippen LogP contribution in [0.4, 0.5) is 0 Å². The van der Waals surface area contributed by atoms with E-state index in [1.807, 2.05) is 0 Å².